The van der Waals surface area contributed by atoms with Crippen molar-refractivity contribution in [2.24, 2.45) is 4.99 Å². The Labute approximate surface area is 117 Å². The number of aryl methyl sites for hydroxylation is 1. The predicted molar refractivity (Wildman–Crippen MR) is 81.9 cm³/mol. The lowest BCUT2D eigenvalue weighted by Gasteiger charge is -1.97. The lowest BCUT2D eigenvalue weighted by molar-refractivity contribution is 0.516. The van der Waals surface area contributed by atoms with Gasteiger partial charge in [0, 0.05) is 11.6 Å². The zero-order valence-corrected chi connectivity index (χ0v) is 11.4. The van der Waals surface area contributed by atoms with Crippen molar-refractivity contribution in [1.29, 1.82) is 0 Å². The van der Waals surface area contributed by atoms with Gasteiger partial charge < -0.3 is 4.42 Å². The van der Waals surface area contributed by atoms with Crippen LogP contribution in [0.1, 0.15) is 11.1 Å². The summed E-state index contributed by atoms with van der Waals surface area (Å²) in [6.45, 7) is 2.04. The van der Waals surface area contributed by atoms with Crippen LogP contribution in [0.25, 0.3) is 11.0 Å². The van der Waals surface area contributed by atoms with Crippen molar-refractivity contribution in [3.05, 3.63) is 59.7 Å². The summed E-state index contributed by atoms with van der Waals surface area (Å²) in [6, 6.07) is 15.9. The molecule has 1 heterocycles. The smallest absolute Gasteiger partial charge is 0.167 e. The lowest BCUT2D eigenvalue weighted by atomic mass is 10.2. The Morgan fingerprint density at radius 2 is 1.79 bits per heavy atom. The number of para-hydroxylation sites is 2. The van der Waals surface area contributed by atoms with Crippen LogP contribution in [0.3, 0.4) is 0 Å². The Morgan fingerprint density at radius 1 is 1.05 bits per heavy atom. The Morgan fingerprint density at radius 3 is 2.63 bits per heavy atom. The van der Waals surface area contributed by atoms with Gasteiger partial charge in [0.2, 0.25) is 0 Å². The molecule has 0 atom stereocenters. The van der Waals surface area contributed by atoms with Crippen LogP contribution in [0.4, 0.5) is 5.69 Å². The second-order valence-corrected chi connectivity index (χ2v) is 4.77. The first-order valence-electron chi connectivity index (χ1n) is 6.06. The highest BCUT2D eigenvalue weighted by atomic mass is 32.1. The molecule has 0 fully saturated rings. The molecule has 2 aromatic carbocycles. The molecule has 0 aliphatic rings. The van der Waals surface area contributed by atoms with Crippen LogP contribution < -0.4 is 0 Å². The van der Waals surface area contributed by atoms with Crippen molar-refractivity contribution >= 4 is 35.5 Å². The van der Waals surface area contributed by atoms with Gasteiger partial charge in [-0.2, -0.15) is 0 Å². The number of furan rings is 1. The molecule has 3 rings (SSSR count). The monoisotopic (exact) mass is 267 g/mol. The maximum Gasteiger partial charge on any atom is 0.167 e. The van der Waals surface area contributed by atoms with Crippen LogP contribution >= 0.6 is 12.6 Å². The van der Waals surface area contributed by atoms with Gasteiger partial charge in [0.25, 0.3) is 0 Å². The first kappa shape index (κ1) is 12.1. The molecule has 0 saturated heterocycles. The molecule has 94 valence electrons. The minimum absolute atomic E-state index is 0.596. The fourth-order valence-electron chi connectivity index (χ4n) is 2.02. The quantitative estimate of drug-likeness (QED) is 0.524. The second kappa shape index (κ2) is 4.94. The van der Waals surface area contributed by atoms with Gasteiger partial charge >= 0.3 is 0 Å². The summed E-state index contributed by atoms with van der Waals surface area (Å²) in [6.07, 6.45) is 1.82. The van der Waals surface area contributed by atoms with Crippen molar-refractivity contribution in [1.82, 2.24) is 0 Å². The first-order valence-corrected chi connectivity index (χ1v) is 6.50. The van der Waals surface area contributed by atoms with Gasteiger partial charge in [-0.3, -0.25) is 4.99 Å². The van der Waals surface area contributed by atoms with Gasteiger partial charge in [-0.1, -0.05) is 36.4 Å². The van der Waals surface area contributed by atoms with E-state index >= 15 is 0 Å². The molecule has 0 spiro atoms. The number of nitrogens with zero attached hydrogens (tertiary/aromatic N) is 1. The van der Waals surface area contributed by atoms with Crippen LogP contribution in [0.15, 0.2) is 63.0 Å². The summed E-state index contributed by atoms with van der Waals surface area (Å²) in [4.78, 5) is 4.53. The fraction of sp³-hybridized carbons (Fsp3) is 0.0625. The molecule has 3 aromatic rings. The molecule has 0 N–H and O–H groups in total. The van der Waals surface area contributed by atoms with E-state index in [2.05, 4.69) is 17.6 Å². The first-order chi connectivity index (χ1) is 9.25. The SMILES string of the molecule is Cc1ccccc1N=Cc1c(S)oc2ccccc12. The third kappa shape index (κ3) is 2.29. The highest BCUT2D eigenvalue weighted by Crippen LogP contribution is 2.27. The van der Waals surface area contributed by atoms with E-state index in [1.807, 2.05) is 61.7 Å². The standard InChI is InChI=1S/C16H13NOS/c1-11-6-2-4-8-14(11)17-10-13-12-7-3-5-9-15(12)18-16(13)19/h2-10,19H,1H3. The van der Waals surface area contributed by atoms with Gasteiger partial charge in [-0.25, -0.2) is 0 Å². The molecule has 0 unspecified atom stereocenters. The Kier molecular flexibility index (Phi) is 3.13. The van der Waals surface area contributed by atoms with Crippen molar-refractivity contribution in [2.45, 2.75) is 12.0 Å². The third-order valence-corrected chi connectivity index (χ3v) is 3.39. The molecular formula is C16H13NOS. The Hall–Kier alpha value is -2.00. The summed E-state index contributed by atoms with van der Waals surface area (Å²) in [7, 11) is 0. The van der Waals surface area contributed by atoms with Gasteiger partial charge in [-0.15, -0.1) is 12.6 Å². The van der Waals surface area contributed by atoms with Gasteiger partial charge in [-0.05, 0) is 24.6 Å². The lowest BCUT2D eigenvalue weighted by Crippen LogP contribution is -1.80. The molecule has 0 aliphatic carbocycles. The average Bonchev–Trinajstić information content (AvgIpc) is 2.74. The number of hydrogen-bond donors (Lipinski definition) is 1. The molecule has 19 heavy (non-hydrogen) atoms. The molecule has 0 bridgehead atoms. The van der Waals surface area contributed by atoms with Gasteiger partial charge in [0.1, 0.15) is 5.58 Å². The number of rotatable bonds is 2. The molecule has 2 nitrogen and oxygen atoms in total. The van der Waals surface area contributed by atoms with Crippen molar-refractivity contribution in [3.8, 4) is 0 Å². The minimum Gasteiger partial charge on any atom is -0.449 e. The Balaban J connectivity index is 2.06. The summed E-state index contributed by atoms with van der Waals surface area (Å²) in [5.74, 6) is 0. The molecule has 3 heteroatoms. The zero-order chi connectivity index (χ0) is 13.2. The van der Waals surface area contributed by atoms with E-state index in [1.54, 1.807) is 0 Å². The van der Waals surface area contributed by atoms with E-state index in [4.69, 9.17) is 4.42 Å². The van der Waals surface area contributed by atoms with E-state index in [9.17, 15) is 0 Å². The molecule has 0 saturated carbocycles. The molecule has 1 aromatic heterocycles. The molecule has 0 aliphatic heterocycles. The van der Waals surface area contributed by atoms with E-state index in [-0.39, 0.29) is 0 Å². The Bertz CT molecular complexity index is 758. The van der Waals surface area contributed by atoms with Crippen LogP contribution in [-0.2, 0) is 0 Å². The van der Waals surface area contributed by atoms with Crippen molar-refractivity contribution in [3.63, 3.8) is 0 Å². The summed E-state index contributed by atoms with van der Waals surface area (Å²) >= 11 is 4.37. The number of fused-ring (bicyclic) bond motifs is 1. The molecule has 0 amide bonds. The topological polar surface area (TPSA) is 25.5 Å². The van der Waals surface area contributed by atoms with Gasteiger partial charge in [0.15, 0.2) is 5.09 Å². The summed E-state index contributed by atoms with van der Waals surface area (Å²) in [5, 5.41) is 1.63. The van der Waals surface area contributed by atoms with E-state index in [1.165, 1.54) is 0 Å². The summed E-state index contributed by atoms with van der Waals surface area (Å²) < 4.78 is 5.59. The predicted octanol–water partition coefficient (Wildman–Crippen LogP) is 4.78. The highest BCUT2D eigenvalue weighted by molar-refractivity contribution is 7.80. The maximum absolute atomic E-state index is 5.59. The second-order valence-electron chi connectivity index (χ2n) is 4.36. The highest BCUT2D eigenvalue weighted by Gasteiger charge is 2.08. The van der Waals surface area contributed by atoms with Crippen molar-refractivity contribution in [2.75, 3.05) is 0 Å². The largest absolute Gasteiger partial charge is 0.449 e. The number of benzene rings is 2. The third-order valence-electron chi connectivity index (χ3n) is 3.06. The van der Waals surface area contributed by atoms with E-state index in [0.29, 0.717) is 5.09 Å². The minimum atomic E-state index is 0.596. The fourth-order valence-corrected chi connectivity index (χ4v) is 2.30. The van der Waals surface area contributed by atoms with Crippen LogP contribution in [0.5, 0.6) is 0 Å². The molecule has 0 radical (unpaired) electrons. The number of thiol groups is 1. The van der Waals surface area contributed by atoms with Crippen LogP contribution in [-0.4, -0.2) is 6.21 Å². The van der Waals surface area contributed by atoms with Crippen molar-refractivity contribution < 1.29 is 4.42 Å². The average molecular weight is 267 g/mol. The summed E-state index contributed by atoms with van der Waals surface area (Å²) in [5.41, 5.74) is 3.86. The maximum atomic E-state index is 5.59. The normalized spacial score (nSPS) is 11.5. The number of hydrogen-bond acceptors (Lipinski definition) is 3. The van der Waals surface area contributed by atoms with E-state index < -0.39 is 0 Å². The zero-order valence-electron chi connectivity index (χ0n) is 10.5. The van der Waals surface area contributed by atoms with Gasteiger partial charge in [0.05, 0.1) is 11.3 Å². The number of aliphatic imine (C=N–C) groups is 1. The molecular weight excluding hydrogens is 254 g/mol. The van der Waals surface area contributed by atoms with Crippen LogP contribution in [0, 0.1) is 6.92 Å². The van der Waals surface area contributed by atoms with E-state index in [0.717, 1.165) is 27.8 Å². The van der Waals surface area contributed by atoms with Crippen LogP contribution in [0.2, 0.25) is 0 Å².